The fourth-order valence-electron chi connectivity index (χ4n) is 6.10. The van der Waals surface area contributed by atoms with Gasteiger partial charge < -0.3 is 64.1 Å². The van der Waals surface area contributed by atoms with Gasteiger partial charge in [-0.05, 0) is 120 Å². The van der Waals surface area contributed by atoms with Crippen LogP contribution in [0.4, 0.5) is 15.3 Å². The molecule has 0 saturated heterocycles. The molecule has 1 aromatic rings. The Bertz CT molecular complexity index is 1510. The highest BCUT2D eigenvalue weighted by atomic mass is 16.5. The molecule has 3 atom stereocenters. The third-order valence-corrected chi connectivity index (χ3v) is 9.38. The summed E-state index contributed by atoms with van der Waals surface area (Å²) in [5.41, 5.74) is 11.9. The molecule has 0 heterocycles. The molecule has 0 bridgehead atoms. The number of hydrogen-bond donors (Lipinski definition) is 11. The predicted octanol–water partition coefficient (Wildman–Crippen LogP) is 1.85. The van der Waals surface area contributed by atoms with Gasteiger partial charge in [0, 0.05) is 38.7 Å². The summed E-state index contributed by atoms with van der Waals surface area (Å²) in [5, 5.41) is 25.9. The first-order chi connectivity index (χ1) is 29.4. The van der Waals surface area contributed by atoms with Crippen molar-refractivity contribution in [3.63, 3.8) is 0 Å². The normalized spacial score (nSPS) is 12.6. The van der Waals surface area contributed by atoms with E-state index in [1.54, 1.807) is 38.1 Å². The molecular weight excluding hydrogens is 799 g/mol. The number of primary amides is 1. The van der Waals surface area contributed by atoms with Crippen LogP contribution in [-0.2, 0) is 35.3 Å². The Labute approximate surface area is 368 Å². The molecule has 0 aromatic heterocycles. The number of alkyl carbamates (subject to hydrolysis) is 1. The number of rotatable bonds is 32. The Morgan fingerprint density at radius 3 is 1.77 bits per heavy atom. The molecule has 62 heavy (non-hydrogen) atoms. The molecule has 0 spiro atoms. The molecule has 19 heteroatoms. The van der Waals surface area contributed by atoms with Gasteiger partial charge >= 0.3 is 12.1 Å². The standard InChI is InChI=1S/C43H77N11O8/c1-30(2)37(54-39(58)34(51-31(3)55)14-7-8-20-44)40(59)53-35(15-11-25-49-41(45)60)38(57)52-33-18-16-32(17-19-33)29-62-42(61)50-27-13-24-47-22-10-9-21-46-23-12-26-48-36(56)28-43(4,5)6/h16-19,30,34-35,37,46-47H,7-15,20-29,44H2,1-6H3,(H,48,56)(H,50,61)(H,51,55)(H,52,57)(H,53,59)(H,54,58)(H3,45,49,60)/t34-,35-,37?/m0/s1. The van der Waals surface area contributed by atoms with E-state index in [0.29, 0.717) is 63.0 Å². The van der Waals surface area contributed by atoms with E-state index in [-0.39, 0.29) is 42.7 Å². The third-order valence-electron chi connectivity index (χ3n) is 9.38. The molecule has 0 aliphatic heterocycles. The van der Waals surface area contributed by atoms with Crippen molar-refractivity contribution in [3.05, 3.63) is 29.8 Å². The Hall–Kier alpha value is -5.01. The molecule has 1 aromatic carbocycles. The lowest BCUT2D eigenvalue weighted by atomic mass is 9.92. The minimum atomic E-state index is -1.04. The number of unbranched alkanes of at least 4 members (excludes halogenated alkanes) is 2. The second kappa shape index (κ2) is 31.8. The van der Waals surface area contributed by atoms with Crippen LogP contribution in [0.15, 0.2) is 24.3 Å². The van der Waals surface area contributed by atoms with Gasteiger partial charge in [-0.2, -0.15) is 0 Å². The summed E-state index contributed by atoms with van der Waals surface area (Å²) in [5.74, 6) is -2.30. The Balaban J connectivity index is 2.52. The second-order valence-corrected chi connectivity index (χ2v) is 17.0. The van der Waals surface area contributed by atoms with Gasteiger partial charge in [-0.15, -0.1) is 0 Å². The van der Waals surface area contributed by atoms with E-state index in [1.165, 1.54) is 6.92 Å². The number of benzene rings is 1. The number of anilines is 1. The first-order valence-electron chi connectivity index (χ1n) is 22.0. The van der Waals surface area contributed by atoms with E-state index in [4.69, 9.17) is 16.2 Å². The average molecular weight is 876 g/mol. The van der Waals surface area contributed by atoms with E-state index >= 15 is 0 Å². The summed E-state index contributed by atoms with van der Waals surface area (Å²) in [6.07, 6.45) is 5.75. The monoisotopic (exact) mass is 876 g/mol. The molecule has 1 unspecified atom stereocenters. The van der Waals surface area contributed by atoms with Crippen molar-refractivity contribution in [2.45, 2.75) is 130 Å². The zero-order valence-corrected chi connectivity index (χ0v) is 38.0. The van der Waals surface area contributed by atoms with Crippen LogP contribution in [0.5, 0.6) is 0 Å². The zero-order chi connectivity index (χ0) is 46.3. The molecule has 0 fully saturated rings. The van der Waals surface area contributed by atoms with E-state index in [1.807, 2.05) is 0 Å². The smallest absolute Gasteiger partial charge is 0.407 e. The molecule has 13 N–H and O–H groups in total. The largest absolute Gasteiger partial charge is 0.445 e. The number of nitrogens with two attached hydrogens (primary N) is 2. The van der Waals surface area contributed by atoms with Gasteiger partial charge in [-0.3, -0.25) is 24.0 Å². The van der Waals surface area contributed by atoms with Crippen molar-refractivity contribution in [1.82, 2.24) is 42.5 Å². The van der Waals surface area contributed by atoms with Crippen molar-refractivity contribution in [2.75, 3.05) is 57.7 Å². The van der Waals surface area contributed by atoms with Crippen LogP contribution in [0.3, 0.4) is 0 Å². The van der Waals surface area contributed by atoms with Crippen molar-refractivity contribution >= 4 is 47.3 Å². The Kier molecular flexibility index (Phi) is 28.2. The fraction of sp³-hybridized carbons (Fsp3) is 0.698. The van der Waals surface area contributed by atoms with Crippen LogP contribution < -0.4 is 59.3 Å². The summed E-state index contributed by atoms with van der Waals surface area (Å²) in [6, 6.07) is 3.04. The minimum absolute atomic E-state index is 0.00387. The lowest BCUT2D eigenvalue weighted by Gasteiger charge is -2.27. The maximum atomic E-state index is 13.6. The maximum absolute atomic E-state index is 13.6. The van der Waals surface area contributed by atoms with Gasteiger partial charge in [0.1, 0.15) is 24.7 Å². The van der Waals surface area contributed by atoms with Crippen LogP contribution >= 0.6 is 0 Å². The third kappa shape index (κ3) is 27.8. The molecule has 0 aliphatic rings. The molecule has 352 valence electrons. The first-order valence-corrected chi connectivity index (χ1v) is 22.0. The SMILES string of the molecule is CC(=O)N[C@@H](CCCCN)C(=O)NC(C(=O)N[C@@H](CCCNC(N)=O)C(=O)Nc1ccc(COC(=O)NCCCNCCCCNCCCNC(=O)CC(C)(C)C)cc1)C(C)C. The first kappa shape index (κ1) is 55.0. The average Bonchev–Trinajstić information content (AvgIpc) is 3.19. The Morgan fingerprint density at radius 2 is 1.21 bits per heavy atom. The predicted molar refractivity (Wildman–Crippen MR) is 241 cm³/mol. The number of carbonyl (C=O) groups excluding carboxylic acids is 7. The minimum Gasteiger partial charge on any atom is -0.445 e. The van der Waals surface area contributed by atoms with E-state index in [0.717, 1.165) is 51.9 Å². The van der Waals surface area contributed by atoms with Crippen LogP contribution in [0.1, 0.15) is 111 Å². The van der Waals surface area contributed by atoms with Crippen molar-refractivity contribution < 1.29 is 38.3 Å². The van der Waals surface area contributed by atoms with Crippen LogP contribution in [0.2, 0.25) is 0 Å². The molecule has 8 amide bonds. The van der Waals surface area contributed by atoms with Gasteiger partial charge in [0.05, 0.1) is 0 Å². The van der Waals surface area contributed by atoms with Gasteiger partial charge in [0.2, 0.25) is 29.5 Å². The summed E-state index contributed by atoms with van der Waals surface area (Å²) in [4.78, 5) is 87.4. The number of amides is 8. The zero-order valence-electron chi connectivity index (χ0n) is 38.0. The van der Waals surface area contributed by atoms with Gasteiger partial charge in [-0.25, -0.2) is 9.59 Å². The topological polar surface area (TPSA) is 289 Å². The number of carbonyl (C=O) groups is 7. The lowest BCUT2D eigenvalue weighted by molar-refractivity contribution is -0.133. The number of ether oxygens (including phenoxy) is 1. The number of hydrogen-bond acceptors (Lipinski definition) is 11. The van der Waals surface area contributed by atoms with Crippen molar-refractivity contribution in [1.29, 1.82) is 0 Å². The van der Waals surface area contributed by atoms with Crippen LogP contribution in [0, 0.1) is 11.3 Å². The molecule has 0 aliphatic carbocycles. The summed E-state index contributed by atoms with van der Waals surface area (Å²) in [6.45, 7) is 16.1. The van der Waals surface area contributed by atoms with E-state index < -0.39 is 48.0 Å². The van der Waals surface area contributed by atoms with E-state index in [9.17, 15) is 33.6 Å². The highest BCUT2D eigenvalue weighted by molar-refractivity contribution is 5.99. The van der Waals surface area contributed by atoms with E-state index in [2.05, 4.69) is 68.6 Å². The number of nitrogens with one attached hydrogen (secondary N) is 9. The highest BCUT2D eigenvalue weighted by Crippen LogP contribution is 2.18. The molecule has 19 nitrogen and oxygen atoms in total. The van der Waals surface area contributed by atoms with Crippen molar-refractivity contribution in [2.24, 2.45) is 22.8 Å². The molecular formula is C43H77N11O8. The quantitative estimate of drug-likeness (QED) is 0.0465. The van der Waals surface area contributed by atoms with Gasteiger partial charge in [-0.1, -0.05) is 46.8 Å². The fourth-order valence-corrected chi connectivity index (χ4v) is 6.10. The van der Waals surface area contributed by atoms with Gasteiger partial charge in [0.15, 0.2) is 0 Å². The van der Waals surface area contributed by atoms with Gasteiger partial charge in [0.25, 0.3) is 0 Å². The molecule has 0 saturated carbocycles. The highest BCUT2D eigenvalue weighted by Gasteiger charge is 2.31. The second-order valence-electron chi connectivity index (χ2n) is 17.0. The summed E-state index contributed by atoms with van der Waals surface area (Å²) in [7, 11) is 0. The maximum Gasteiger partial charge on any atom is 0.407 e. The van der Waals surface area contributed by atoms with Crippen LogP contribution in [-0.4, -0.2) is 112 Å². The molecule has 0 radical (unpaired) electrons. The lowest BCUT2D eigenvalue weighted by Crippen LogP contribution is -2.57. The Morgan fingerprint density at radius 1 is 0.645 bits per heavy atom. The summed E-state index contributed by atoms with van der Waals surface area (Å²) < 4.78 is 5.34. The summed E-state index contributed by atoms with van der Waals surface area (Å²) >= 11 is 0. The van der Waals surface area contributed by atoms with Crippen LogP contribution in [0.25, 0.3) is 0 Å². The van der Waals surface area contributed by atoms with Crippen molar-refractivity contribution in [3.8, 4) is 0 Å². The molecule has 1 rings (SSSR count). The number of urea groups is 1.